The van der Waals surface area contributed by atoms with Crippen molar-refractivity contribution in [2.45, 2.75) is 44.4 Å². The van der Waals surface area contributed by atoms with Gasteiger partial charge in [-0.1, -0.05) is 11.6 Å². The zero-order valence-electron chi connectivity index (χ0n) is 16.0. The number of hydrogen-bond acceptors (Lipinski definition) is 6. The van der Waals surface area contributed by atoms with Gasteiger partial charge in [0.25, 0.3) is 0 Å². The molecule has 1 aromatic heterocycles. The third-order valence-electron chi connectivity index (χ3n) is 4.98. The molecule has 152 valence electrons. The number of carbonyl (C=O) groups is 1. The van der Waals surface area contributed by atoms with E-state index in [1.165, 1.54) is 19.4 Å². The average Bonchev–Trinajstić information content (AvgIpc) is 2.73. The number of nitriles is 1. The second-order valence-electron chi connectivity index (χ2n) is 6.88. The van der Waals surface area contributed by atoms with Crippen LogP contribution in [0.3, 0.4) is 0 Å². The molecule has 0 aliphatic heterocycles. The molecule has 1 aromatic carbocycles. The van der Waals surface area contributed by atoms with Crippen molar-refractivity contribution >= 4 is 17.6 Å². The molecule has 1 aliphatic carbocycles. The van der Waals surface area contributed by atoms with Gasteiger partial charge in [-0.05, 0) is 49.4 Å². The fourth-order valence-electron chi connectivity index (χ4n) is 3.40. The number of nitrogens with zero attached hydrogens (tertiary/aromatic N) is 2. The number of benzene rings is 1. The summed E-state index contributed by atoms with van der Waals surface area (Å²) < 4.78 is 24.2. The second-order valence-corrected chi connectivity index (χ2v) is 7.29. The lowest BCUT2D eigenvalue weighted by Gasteiger charge is -2.30. The summed E-state index contributed by atoms with van der Waals surface area (Å²) in [7, 11) is 1.28. The molecule has 1 heterocycles. The summed E-state index contributed by atoms with van der Waals surface area (Å²) in [6.45, 7) is 0.352. The summed E-state index contributed by atoms with van der Waals surface area (Å²) in [5, 5.41) is 12.7. The van der Waals surface area contributed by atoms with Gasteiger partial charge in [0.2, 0.25) is 5.95 Å². The van der Waals surface area contributed by atoms with Crippen LogP contribution < -0.4 is 10.1 Å². The Morgan fingerprint density at radius 3 is 2.76 bits per heavy atom. The van der Waals surface area contributed by atoms with Gasteiger partial charge in [0.15, 0.2) is 0 Å². The molecule has 3 rings (SSSR count). The highest BCUT2D eigenvalue weighted by Gasteiger charge is 2.23. The molecule has 0 spiro atoms. The Morgan fingerprint density at radius 1 is 1.34 bits per heavy atom. The maximum absolute atomic E-state index is 13.5. The molecule has 8 heteroatoms. The van der Waals surface area contributed by atoms with Crippen molar-refractivity contribution in [3.63, 3.8) is 0 Å². The second kappa shape index (κ2) is 9.68. The molecular formula is C21H21ClFN3O3. The van der Waals surface area contributed by atoms with E-state index in [-0.39, 0.29) is 17.7 Å². The van der Waals surface area contributed by atoms with Gasteiger partial charge >= 0.3 is 5.97 Å². The number of hydrogen-bond donors (Lipinski definition) is 1. The van der Waals surface area contributed by atoms with Crippen LogP contribution in [0.25, 0.3) is 0 Å². The summed E-state index contributed by atoms with van der Waals surface area (Å²) in [5.41, 5.74) is 1.21. The van der Waals surface area contributed by atoms with E-state index in [2.05, 4.69) is 10.3 Å². The van der Waals surface area contributed by atoms with Gasteiger partial charge in [0.1, 0.15) is 11.8 Å². The van der Waals surface area contributed by atoms with E-state index in [1.54, 1.807) is 18.2 Å². The van der Waals surface area contributed by atoms with Crippen LogP contribution in [0.1, 0.15) is 47.2 Å². The molecule has 0 bridgehead atoms. The topological polar surface area (TPSA) is 84.2 Å². The predicted molar refractivity (Wildman–Crippen MR) is 105 cm³/mol. The maximum Gasteiger partial charge on any atom is 0.339 e. The molecule has 0 atom stereocenters. The first-order chi connectivity index (χ1) is 14.0. The van der Waals surface area contributed by atoms with E-state index in [0.717, 1.165) is 25.7 Å². The number of nitrogens with one attached hydrogen (secondary N) is 1. The van der Waals surface area contributed by atoms with Crippen molar-refractivity contribution in [2.24, 2.45) is 0 Å². The van der Waals surface area contributed by atoms with Crippen molar-refractivity contribution in [2.75, 3.05) is 7.11 Å². The van der Waals surface area contributed by atoms with E-state index < -0.39 is 11.9 Å². The Kier molecular flexibility index (Phi) is 7.02. The highest BCUT2D eigenvalue weighted by molar-refractivity contribution is 6.31. The average molecular weight is 418 g/mol. The van der Waals surface area contributed by atoms with Gasteiger partial charge < -0.3 is 14.8 Å². The number of esters is 1. The molecule has 1 fully saturated rings. The first kappa shape index (κ1) is 21.0. The Bertz CT molecular complexity index is 924. The van der Waals surface area contributed by atoms with Gasteiger partial charge in [-0.2, -0.15) is 9.65 Å². The fraction of sp³-hybridized carbons (Fsp3) is 0.381. The van der Waals surface area contributed by atoms with Crippen molar-refractivity contribution < 1.29 is 18.7 Å². The summed E-state index contributed by atoms with van der Waals surface area (Å²) in [5.74, 6) is -0.513. The van der Waals surface area contributed by atoms with Crippen molar-refractivity contribution in [3.8, 4) is 11.8 Å². The van der Waals surface area contributed by atoms with Gasteiger partial charge in [0.05, 0.1) is 29.4 Å². The molecule has 1 saturated carbocycles. The van der Waals surface area contributed by atoms with Gasteiger partial charge in [0, 0.05) is 24.8 Å². The smallest absolute Gasteiger partial charge is 0.339 e. The van der Waals surface area contributed by atoms with Crippen LogP contribution >= 0.6 is 11.6 Å². The predicted octanol–water partition coefficient (Wildman–Crippen LogP) is 4.01. The number of methoxy groups -OCH3 is 1. The monoisotopic (exact) mass is 417 g/mol. The molecular weight excluding hydrogens is 397 g/mol. The summed E-state index contributed by atoms with van der Waals surface area (Å²) in [4.78, 5) is 15.4. The number of ether oxygens (including phenoxy) is 2. The minimum atomic E-state index is -0.632. The molecule has 0 amide bonds. The first-order valence-corrected chi connectivity index (χ1v) is 9.70. The number of halogens is 2. The lowest BCUT2D eigenvalue weighted by molar-refractivity contribution is 0.0598. The van der Waals surface area contributed by atoms with Crippen molar-refractivity contribution in [1.82, 2.24) is 10.3 Å². The SMILES string of the molecule is COC(=O)c1cnc(F)cc1CN[C@H]1CC[C@H](Oc2ccc(C#N)c(Cl)c2)CC1. The Labute approximate surface area is 173 Å². The third-order valence-corrected chi connectivity index (χ3v) is 5.29. The van der Waals surface area contributed by atoms with Gasteiger partial charge in [-0.25, -0.2) is 9.78 Å². The van der Waals surface area contributed by atoms with E-state index in [1.807, 2.05) is 6.07 Å². The van der Waals surface area contributed by atoms with E-state index in [9.17, 15) is 9.18 Å². The molecule has 0 saturated heterocycles. The fourth-order valence-corrected chi connectivity index (χ4v) is 3.61. The van der Waals surface area contributed by atoms with Crippen molar-refractivity contribution in [3.05, 3.63) is 58.1 Å². The van der Waals surface area contributed by atoms with Crippen LogP contribution in [0.15, 0.2) is 30.5 Å². The number of pyridine rings is 1. The lowest BCUT2D eigenvalue weighted by atomic mass is 9.92. The minimum absolute atomic E-state index is 0.0704. The van der Waals surface area contributed by atoms with Crippen LogP contribution in [0.2, 0.25) is 5.02 Å². The third kappa shape index (κ3) is 5.43. The molecule has 1 aliphatic rings. The number of aromatic nitrogens is 1. The van der Waals surface area contributed by atoms with Crippen LogP contribution in [0, 0.1) is 17.3 Å². The standard InChI is InChI=1S/C21H21ClFN3O3/c1-28-21(27)18-12-26-20(23)8-14(18)11-25-15-3-6-16(7-4-15)29-17-5-2-13(10-24)19(22)9-17/h2,5,8-9,12,15-16,25H,3-4,6-7,11H2,1H3/t15-,16-. The lowest BCUT2D eigenvalue weighted by Crippen LogP contribution is -2.36. The normalized spacial score (nSPS) is 18.7. The largest absolute Gasteiger partial charge is 0.490 e. The van der Waals surface area contributed by atoms with E-state index in [4.69, 9.17) is 26.3 Å². The zero-order valence-corrected chi connectivity index (χ0v) is 16.7. The highest BCUT2D eigenvalue weighted by Crippen LogP contribution is 2.27. The zero-order chi connectivity index (χ0) is 20.8. The van der Waals surface area contributed by atoms with Gasteiger partial charge in [-0.3, -0.25) is 0 Å². The van der Waals surface area contributed by atoms with Crippen LogP contribution in [-0.4, -0.2) is 30.2 Å². The molecule has 1 N–H and O–H groups in total. The number of carbonyl (C=O) groups excluding carboxylic acids is 1. The minimum Gasteiger partial charge on any atom is -0.490 e. The van der Waals surface area contributed by atoms with Crippen LogP contribution in [-0.2, 0) is 11.3 Å². The van der Waals surface area contributed by atoms with Crippen molar-refractivity contribution in [1.29, 1.82) is 5.26 Å². The highest BCUT2D eigenvalue weighted by atomic mass is 35.5. The summed E-state index contributed by atoms with van der Waals surface area (Å²) in [6.07, 6.45) is 4.74. The molecule has 29 heavy (non-hydrogen) atoms. The first-order valence-electron chi connectivity index (χ1n) is 9.32. The van der Waals surface area contributed by atoms with E-state index in [0.29, 0.717) is 28.4 Å². The summed E-state index contributed by atoms with van der Waals surface area (Å²) >= 11 is 6.05. The molecule has 0 radical (unpaired) electrons. The molecule has 6 nitrogen and oxygen atoms in total. The summed E-state index contributed by atoms with van der Waals surface area (Å²) in [6, 6.07) is 8.58. The maximum atomic E-state index is 13.5. The number of rotatable bonds is 6. The molecule has 0 unspecified atom stereocenters. The van der Waals surface area contributed by atoms with Crippen LogP contribution in [0.5, 0.6) is 5.75 Å². The molecule has 2 aromatic rings. The van der Waals surface area contributed by atoms with E-state index >= 15 is 0 Å². The van der Waals surface area contributed by atoms with Crippen LogP contribution in [0.4, 0.5) is 4.39 Å². The van der Waals surface area contributed by atoms with Gasteiger partial charge in [-0.15, -0.1) is 0 Å². The Hall–Kier alpha value is -2.69. The Morgan fingerprint density at radius 2 is 2.10 bits per heavy atom. The Balaban J connectivity index is 1.52. The quantitative estimate of drug-likeness (QED) is 0.564.